The van der Waals surface area contributed by atoms with Crippen molar-refractivity contribution in [2.75, 3.05) is 26.2 Å². The van der Waals surface area contributed by atoms with Crippen LogP contribution in [0.1, 0.15) is 33.1 Å². The van der Waals surface area contributed by atoms with Crippen molar-refractivity contribution >= 4 is 0 Å². The first-order valence-corrected chi connectivity index (χ1v) is 6.11. The van der Waals surface area contributed by atoms with Crippen LogP contribution in [0.3, 0.4) is 0 Å². The zero-order valence-electron chi connectivity index (χ0n) is 11.1. The Labute approximate surface area is 117 Å². The van der Waals surface area contributed by atoms with E-state index in [1.165, 1.54) is 15.7 Å². The standard InChI is InChI=1S/C6H13NO.C6H11NO.Zn/c2*1-6-2-4-7(8)5-3-6;/h6,8H,2-5H2,1H3;2,8H,3-5H2,1H3;/q;;+2. The molecule has 1 fully saturated rings. The van der Waals surface area contributed by atoms with Gasteiger partial charge in [0.15, 0.2) is 0 Å². The van der Waals surface area contributed by atoms with Crippen molar-refractivity contribution in [3.05, 3.63) is 11.6 Å². The van der Waals surface area contributed by atoms with Crippen LogP contribution in [0.15, 0.2) is 11.6 Å². The molecule has 5 heteroatoms. The Hall–Kier alpha value is 0.203. The smallest absolute Gasteiger partial charge is 0.314 e. The minimum atomic E-state index is 0. The Bertz CT molecular complexity index is 219. The Balaban J connectivity index is 0.000000284. The zero-order valence-corrected chi connectivity index (χ0v) is 14.1. The molecular formula is C12H24N2O2Zn+2. The van der Waals surface area contributed by atoms with E-state index in [0.29, 0.717) is 6.54 Å². The molecule has 0 aliphatic carbocycles. The van der Waals surface area contributed by atoms with E-state index in [0.717, 1.165) is 44.8 Å². The molecule has 17 heavy (non-hydrogen) atoms. The first-order chi connectivity index (χ1) is 7.58. The summed E-state index contributed by atoms with van der Waals surface area (Å²) in [6, 6.07) is 0. The predicted molar refractivity (Wildman–Crippen MR) is 63.5 cm³/mol. The number of hydrogen-bond donors (Lipinski definition) is 2. The third kappa shape index (κ3) is 8.01. The molecule has 94 valence electrons. The van der Waals surface area contributed by atoms with E-state index in [9.17, 15) is 0 Å². The molecule has 0 unspecified atom stereocenters. The van der Waals surface area contributed by atoms with Crippen LogP contribution in [0.25, 0.3) is 0 Å². The van der Waals surface area contributed by atoms with Crippen LogP contribution in [0.5, 0.6) is 0 Å². The molecule has 0 bridgehead atoms. The summed E-state index contributed by atoms with van der Waals surface area (Å²) in [7, 11) is 0. The molecule has 0 aromatic carbocycles. The number of rotatable bonds is 0. The summed E-state index contributed by atoms with van der Waals surface area (Å²) in [5.74, 6) is 0.818. The van der Waals surface area contributed by atoms with Gasteiger partial charge >= 0.3 is 19.5 Å². The molecular weight excluding hydrogens is 270 g/mol. The second-order valence-corrected chi connectivity index (χ2v) is 4.85. The zero-order chi connectivity index (χ0) is 12.0. The molecule has 0 aromatic rings. The fourth-order valence-electron chi connectivity index (χ4n) is 1.75. The fraction of sp³-hybridized carbons (Fsp3) is 0.833. The minimum absolute atomic E-state index is 0. The van der Waals surface area contributed by atoms with Gasteiger partial charge < -0.3 is 10.4 Å². The maximum atomic E-state index is 8.86. The average Bonchev–Trinajstić information content (AvgIpc) is 2.28. The van der Waals surface area contributed by atoms with E-state index >= 15 is 0 Å². The van der Waals surface area contributed by atoms with E-state index in [-0.39, 0.29) is 19.5 Å². The van der Waals surface area contributed by atoms with Gasteiger partial charge in [-0.05, 0) is 32.1 Å². The van der Waals surface area contributed by atoms with Crippen LogP contribution in [-0.4, -0.2) is 46.7 Å². The second kappa shape index (κ2) is 9.18. The van der Waals surface area contributed by atoms with E-state index in [1.807, 2.05) is 6.08 Å². The minimum Gasteiger partial charge on any atom is -0.314 e. The summed E-state index contributed by atoms with van der Waals surface area (Å²) in [5.41, 5.74) is 1.38. The van der Waals surface area contributed by atoms with E-state index in [1.54, 1.807) is 0 Å². The Kier molecular flexibility index (Phi) is 9.29. The second-order valence-electron chi connectivity index (χ2n) is 4.85. The summed E-state index contributed by atoms with van der Waals surface area (Å²) in [6.07, 6.45) is 5.35. The van der Waals surface area contributed by atoms with Crippen molar-refractivity contribution in [2.24, 2.45) is 5.92 Å². The third-order valence-corrected chi connectivity index (χ3v) is 3.17. The van der Waals surface area contributed by atoms with Gasteiger partial charge in [-0.2, -0.15) is 10.1 Å². The summed E-state index contributed by atoms with van der Waals surface area (Å²) < 4.78 is 0. The molecule has 0 atom stereocenters. The number of hydroxylamine groups is 4. The Morgan fingerprint density at radius 1 is 1.12 bits per heavy atom. The molecule has 2 N–H and O–H groups in total. The van der Waals surface area contributed by atoms with Crippen LogP contribution in [0.2, 0.25) is 0 Å². The van der Waals surface area contributed by atoms with Crippen LogP contribution < -0.4 is 0 Å². The molecule has 2 aliphatic heterocycles. The van der Waals surface area contributed by atoms with Gasteiger partial charge in [0.25, 0.3) is 0 Å². The van der Waals surface area contributed by atoms with E-state index in [2.05, 4.69) is 13.8 Å². The first kappa shape index (κ1) is 17.2. The van der Waals surface area contributed by atoms with Crippen LogP contribution >= 0.6 is 0 Å². The Morgan fingerprint density at radius 2 is 1.71 bits per heavy atom. The summed E-state index contributed by atoms with van der Waals surface area (Å²) >= 11 is 0. The van der Waals surface area contributed by atoms with Crippen LogP contribution in [-0.2, 0) is 19.5 Å². The van der Waals surface area contributed by atoms with E-state index < -0.39 is 0 Å². The van der Waals surface area contributed by atoms with Gasteiger partial charge in [-0.1, -0.05) is 18.6 Å². The van der Waals surface area contributed by atoms with Gasteiger partial charge in [0.1, 0.15) is 0 Å². The molecule has 4 nitrogen and oxygen atoms in total. The monoisotopic (exact) mass is 292 g/mol. The summed E-state index contributed by atoms with van der Waals surface area (Å²) in [6.45, 7) is 7.54. The summed E-state index contributed by atoms with van der Waals surface area (Å²) in [5, 5.41) is 20.4. The van der Waals surface area contributed by atoms with Crippen molar-refractivity contribution in [3.8, 4) is 0 Å². The molecule has 2 rings (SSSR count). The first-order valence-electron chi connectivity index (χ1n) is 6.11. The number of hydrogen-bond acceptors (Lipinski definition) is 4. The van der Waals surface area contributed by atoms with Crippen molar-refractivity contribution in [1.82, 2.24) is 10.1 Å². The fourth-order valence-corrected chi connectivity index (χ4v) is 1.75. The van der Waals surface area contributed by atoms with Gasteiger partial charge in [0, 0.05) is 26.2 Å². The quantitative estimate of drug-likeness (QED) is 0.531. The molecule has 1 saturated heterocycles. The van der Waals surface area contributed by atoms with Gasteiger partial charge in [0.05, 0.1) is 0 Å². The maximum absolute atomic E-state index is 8.86. The largest absolute Gasteiger partial charge is 2.00 e. The predicted octanol–water partition coefficient (Wildman–Crippen LogP) is 2.13. The van der Waals surface area contributed by atoms with Gasteiger partial charge in [-0.15, -0.1) is 0 Å². The van der Waals surface area contributed by atoms with Crippen LogP contribution in [0, 0.1) is 5.92 Å². The van der Waals surface area contributed by atoms with Crippen molar-refractivity contribution in [2.45, 2.75) is 33.1 Å². The van der Waals surface area contributed by atoms with Gasteiger partial charge in [-0.3, -0.25) is 0 Å². The van der Waals surface area contributed by atoms with Crippen molar-refractivity contribution in [1.29, 1.82) is 0 Å². The SMILES string of the molecule is CC1=CCN(O)CC1.CC1CCN(O)CC1.[Zn+2]. The topological polar surface area (TPSA) is 46.9 Å². The van der Waals surface area contributed by atoms with Crippen molar-refractivity contribution in [3.63, 3.8) is 0 Å². The Morgan fingerprint density at radius 3 is 2.06 bits per heavy atom. The van der Waals surface area contributed by atoms with Gasteiger partial charge in [-0.25, -0.2) is 0 Å². The van der Waals surface area contributed by atoms with Crippen molar-refractivity contribution < 1.29 is 29.9 Å². The average molecular weight is 294 g/mol. The molecule has 2 aliphatic rings. The molecule has 0 amide bonds. The molecule has 0 aromatic heterocycles. The third-order valence-electron chi connectivity index (χ3n) is 3.17. The number of piperidine rings is 1. The normalized spacial score (nSPS) is 23.2. The molecule has 0 spiro atoms. The number of nitrogens with zero attached hydrogens (tertiary/aromatic N) is 2. The van der Waals surface area contributed by atoms with Crippen LogP contribution in [0.4, 0.5) is 0 Å². The maximum Gasteiger partial charge on any atom is 2.00 e. The molecule has 0 radical (unpaired) electrons. The molecule has 2 heterocycles. The molecule has 0 saturated carbocycles. The van der Waals surface area contributed by atoms with Gasteiger partial charge in [0.2, 0.25) is 0 Å². The van der Waals surface area contributed by atoms with E-state index in [4.69, 9.17) is 10.4 Å². The summed E-state index contributed by atoms with van der Waals surface area (Å²) in [4.78, 5) is 0.